The van der Waals surface area contributed by atoms with Crippen LogP contribution in [0.2, 0.25) is 0 Å². The van der Waals surface area contributed by atoms with Gasteiger partial charge < -0.3 is 15.8 Å². The third-order valence-corrected chi connectivity index (χ3v) is 5.31. The molecule has 0 aliphatic carbocycles. The lowest BCUT2D eigenvalue weighted by atomic mass is 10.1. The number of nitrogens with one attached hydrogen (secondary N) is 1. The van der Waals surface area contributed by atoms with Gasteiger partial charge in [0, 0.05) is 43.4 Å². The van der Waals surface area contributed by atoms with E-state index in [1.165, 1.54) is 17.1 Å². The molecule has 1 amide bonds. The largest absolute Gasteiger partial charge is 0.364 e. The lowest BCUT2D eigenvalue weighted by molar-refractivity contribution is -0.126. The maximum atomic E-state index is 12.3. The van der Waals surface area contributed by atoms with E-state index >= 15 is 0 Å². The number of thioether (sulfide) groups is 1. The third kappa shape index (κ3) is 6.62. The molecule has 0 saturated carbocycles. The Bertz CT molecular complexity index is 544. The van der Waals surface area contributed by atoms with Gasteiger partial charge in [-0.1, -0.05) is 12.1 Å². The van der Waals surface area contributed by atoms with Crippen molar-refractivity contribution in [2.45, 2.75) is 31.6 Å². The maximum absolute atomic E-state index is 12.3. The third-order valence-electron chi connectivity index (χ3n) is 4.37. The van der Waals surface area contributed by atoms with Gasteiger partial charge in [0.1, 0.15) is 6.10 Å². The number of carbonyl (C=O) groups is 1. The number of nitrogens with zero attached hydrogens (tertiary/aromatic N) is 1. The van der Waals surface area contributed by atoms with Gasteiger partial charge in [-0.25, -0.2) is 0 Å². The number of nitrogens with two attached hydrogens (primary N) is 1. The number of halogens is 2. The quantitative estimate of drug-likeness (QED) is 0.784. The zero-order chi connectivity index (χ0) is 16.1. The second-order valence-electron chi connectivity index (χ2n) is 6.14. The van der Waals surface area contributed by atoms with Gasteiger partial charge in [0.05, 0.1) is 6.10 Å². The van der Waals surface area contributed by atoms with Gasteiger partial charge in [-0.15, -0.1) is 24.8 Å². The summed E-state index contributed by atoms with van der Waals surface area (Å²) in [5.41, 5.74) is 7.68. The summed E-state index contributed by atoms with van der Waals surface area (Å²) in [5, 5.41) is 2.98. The van der Waals surface area contributed by atoms with Crippen LogP contribution in [0, 0.1) is 0 Å². The van der Waals surface area contributed by atoms with E-state index in [1.54, 1.807) is 0 Å². The fourth-order valence-electron chi connectivity index (χ4n) is 3.06. The van der Waals surface area contributed by atoms with Gasteiger partial charge in [0.2, 0.25) is 0 Å². The Hall–Kier alpha value is -0.500. The van der Waals surface area contributed by atoms with Gasteiger partial charge in [-0.05, 0) is 30.5 Å². The monoisotopic (exact) mass is 407 g/mol. The van der Waals surface area contributed by atoms with Crippen LogP contribution in [-0.2, 0) is 16.1 Å². The molecule has 2 saturated heterocycles. The van der Waals surface area contributed by atoms with Crippen molar-refractivity contribution in [2.24, 2.45) is 5.73 Å². The van der Waals surface area contributed by atoms with E-state index in [1.807, 2.05) is 23.9 Å². The summed E-state index contributed by atoms with van der Waals surface area (Å²) in [6.45, 7) is 3.70. The first kappa shape index (κ1) is 22.5. The number of amides is 1. The van der Waals surface area contributed by atoms with Crippen LogP contribution in [0.3, 0.4) is 0 Å². The highest BCUT2D eigenvalue weighted by atomic mass is 35.5. The predicted molar refractivity (Wildman–Crippen MR) is 109 cm³/mol. The van der Waals surface area contributed by atoms with Crippen LogP contribution in [0.25, 0.3) is 0 Å². The summed E-state index contributed by atoms with van der Waals surface area (Å²) in [4.78, 5) is 14.7. The molecule has 5 nitrogen and oxygen atoms in total. The van der Waals surface area contributed by atoms with Crippen molar-refractivity contribution >= 4 is 48.2 Å². The van der Waals surface area contributed by atoms with E-state index in [9.17, 15) is 4.79 Å². The molecule has 0 bridgehead atoms. The molecule has 3 rings (SSSR count). The van der Waals surface area contributed by atoms with Gasteiger partial charge in [-0.3, -0.25) is 9.69 Å². The Morgan fingerprint density at radius 1 is 1.28 bits per heavy atom. The molecule has 25 heavy (non-hydrogen) atoms. The molecule has 0 aromatic heterocycles. The van der Waals surface area contributed by atoms with E-state index in [4.69, 9.17) is 10.5 Å². The average molecular weight is 408 g/mol. The lowest BCUT2D eigenvalue weighted by Crippen LogP contribution is -2.32. The number of carbonyl (C=O) groups excluding carboxylic acids is 1. The Balaban J connectivity index is 0.00000156. The number of rotatable bonds is 5. The Kier molecular flexibility index (Phi) is 10.2. The minimum absolute atomic E-state index is 0. The summed E-state index contributed by atoms with van der Waals surface area (Å²) < 4.78 is 5.65. The Labute approximate surface area is 166 Å². The van der Waals surface area contributed by atoms with Crippen LogP contribution in [0.1, 0.15) is 18.4 Å². The summed E-state index contributed by atoms with van der Waals surface area (Å²) in [7, 11) is 0. The molecule has 1 aromatic rings. The van der Waals surface area contributed by atoms with E-state index in [0.29, 0.717) is 6.54 Å². The molecule has 3 N–H and O–H groups in total. The molecule has 0 radical (unpaired) electrons. The number of hydrogen-bond donors (Lipinski definition) is 2. The highest BCUT2D eigenvalue weighted by Gasteiger charge is 2.29. The highest BCUT2D eigenvalue weighted by molar-refractivity contribution is 7.99. The van der Waals surface area contributed by atoms with Crippen molar-refractivity contribution in [2.75, 3.05) is 36.5 Å². The summed E-state index contributed by atoms with van der Waals surface area (Å²) in [6, 6.07) is 8.12. The average Bonchev–Trinajstić information content (AvgIpc) is 3.05. The second-order valence-corrected chi connectivity index (χ2v) is 7.36. The summed E-state index contributed by atoms with van der Waals surface area (Å²) in [6.07, 6.45) is 1.26. The SMILES string of the molecule is Cl.Cl.NC[C@H]1CC[C@@H](C(=O)Nc2cccc(CN3CCSCC3)c2)O1. The van der Waals surface area contributed by atoms with Crippen LogP contribution < -0.4 is 11.1 Å². The normalized spacial score (nSPS) is 23.4. The van der Waals surface area contributed by atoms with E-state index in [2.05, 4.69) is 22.3 Å². The molecule has 0 unspecified atom stereocenters. The van der Waals surface area contributed by atoms with Crippen molar-refractivity contribution in [3.63, 3.8) is 0 Å². The first-order valence-corrected chi connectivity index (χ1v) is 9.45. The Morgan fingerprint density at radius 3 is 2.72 bits per heavy atom. The second kappa shape index (κ2) is 11.3. The standard InChI is InChI=1S/C17H25N3O2S.2ClH/c18-11-15-4-5-16(22-15)17(21)19-14-3-1-2-13(10-14)12-20-6-8-23-9-7-20;;/h1-3,10,15-16H,4-9,11-12,18H2,(H,19,21);2*1H/t15-,16+;;/m1../s1. The van der Waals surface area contributed by atoms with Crippen molar-refractivity contribution in [1.29, 1.82) is 0 Å². The molecule has 2 fully saturated rings. The van der Waals surface area contributed by atoms with Gasteiger partial charge in [-0.2, -0.15) is 11.8 Å². The molecule has 1 aromatic carbocycles. The molecule has 8 heteroatoms. The minimum atomic E-state index is -0.369. The van der Waals surface area contributed by atoms with Gasteiger partial charge in [0.25, 0.3) is 5.91 Å². The van der Waals surface area contributed by atoms with Crippen LogP contribution in [0.4, 0.5) is 5.69 Å². The van der Waals surface area contributed by atoms with Crippen molar-refractivity contribution in [3.8, 4) is 0 Å². The summed E-state index contributed by atoms with van der Waals surface area (Å²) in [5.74, 6) is 2.35. The fourth-order valence-corrected chi connectivity index (χ4v) is 4.04. The number of ether oxygens (including phenoxy) is 1. The first-order chi connectivity index (χ1) is 11.2. The molecular weight excluding hydrogens is 381 g/mol. The van der Waals surface area contributed by atoms with E-state index in [0.717, 1.165) is 38.2 Å². The molecule has 0 spiro atoms. The van der Waals surface area contributed by atoms with Crippen LogP contribution in [-0.4, -0.2) is 54.2 Å². The van der Waals surface area contributed by atoms with Gasteiger partial charge in [0.15, 0.2) is 0 Å². The number of hydrogen-bond acceptors (Lipinski definition) is 5. The van der Waals surface area contributed by atoms with Crippen molar-refractivity contribution in [1.82, 2.24) is 4.90 Å². The van der Waals surface area contributed by atoms with Crippen LogP contribution in [0.5, 0.6) is 0 Å². The lowest BCUT2D eigenvalue weighted by Gasteiger charge is -2.26. The highest BCUT2D eigenvalue weighted by Crippen LogP contribution is 2.21. The number of benzene rings is 1. The first-order valence-electron chi connectivity index (χ1n) is 8.30. The summed E-state index contributed by atoms with van der Waals surface area (Å²) >= 11 is 2.02. The maximum Gasteiger partial charge on any atom is 0.253 e. The topological polar surface area (TPSA) is 67.6 Å². The minimum Gasteiger partial charge on any atom is -0.364 e. The predicted octanol–water partition coefficient (Wildman–Crippen LogP) is 2.52. The van der Waals surface area contributed by atoms with E-state index < -0.39 is 0 Å². The Morgan fingerprint density at radius 2 is 2.04 bits per heavy atom. The fraction of sp³-hybridized carbons (Fsp3) is 0.588. The van der Waals surface area contributed by atoms with Gasteiger partial charge >= 0.3 is 0 Å². The molecule has 2 aliphatic heterocycles. The molecule has 142 valence electrons. The van der Waals surface area contributed by atoms with E-state index in [-0.39, 0.29) is 42.9 Å². The van der Waals surface area contributed by atoms with Crippen LogP contribution in [0.15, 0.2) is 24.3 Å². The van der Waals surface area contributed by atoms with Crippen molar-refractivity contribution < 1.29 is 9.53 Å². The zero-order valence-corrected chi connectivity index (χ0v) is 16.6. The molecule has 2 atom stereocenters. The zero-order valence-electron chi connectivity index (χ0n) is 14.2. The molecule has 2 heterocycles. The smallest absolute Gasteiger partial charge is 0.253 e. The van der Waals surface area contributed by atoms with Crippen molar-refractivity contribution in [3.05, 3.63) is 29.8 Å². The number of anilines is 1. The van der Waals surface area contributed by atoms with Crippen LogP contribution >= 0.6 is 36.6 Å². The molecule has 2 aliphatic rings. The molecular formula is C17H27Cl2N3O2S.